The van der Waals surface area contributed by atoms with Gasteiger partial charge in [-0.05, 0) is 61.4 Å². The molecule has 2 rings (SSSR count). The lowest BCUT2D eigenvalue weighted by Crippen LogP contribution is -2.10. The Bertz CT molecular complexity index is 786. The van der Waals surface area contributed by atoms with Gasteiger partial charge in [-0.15, -0.1) is 0 Å². The molecule has 0 fully saturated rings. The van der Waals surface area contributed by atoms with Crippen molar-refractivity contribution in [3.8, 4) is 17.2 Å². The van der Waals surface area contributed by atoms with Gasteiger partial charge in [-0.1, -0.05) is 17.7 Å². The van der Waals surface area contributed by atoms with Gasteiger partial charge in [-0.25, -0.2) is 4.79 Å². The van der Waals surface area contributed by atoms with Crippen LogP contribution in [0.15, 0.2) is 42.5 Å². The Hall–Kier alpha value is -2.66. The molecule has 0 aliphatic heterocycles. The van der Waals surface area contributed by atoms with E-state index in [1.165, 1.54) is 6.08 Å². The number of hydrogen-bond acceptors (Lipinski definition) is 4. The lowest BCUT2D eigenvalue weighted by atomic mass is 10.2. The fourth-order valence-electron chi connectivity index (χ4n) is 2.20. The van der Waals surface area contributed by atoms with Crippen LogP contribution < -0.4 is 14.2 Å². The summed E-state index contributed by atoms with van der Waals surface area (Å²) < 4.78 is 16.9. The summed E-state index contributed by atoms with van der Waals surface area (Å²) in [5.74, 6) is 0.866. The van der Waals surface area contributed by atoms with Gasteiger partial charge in [-0.2, -0.15) is 0 Å². The molecule has 0 aromatic heterocycles. The molecule has 2 aromatic carbocycles. The van der Waals surface area contributed by atoms with Gasteiger partial charge in [-0.3, -0.25) is 0 Å². The van der Waals surface area contributed by atoms with Crippen LogP contribution in [0.3, 0.4) is 0 Å². The summed E-state index contributed by atoms with van der Waals surface area (Å²) in [6.45, 7) is 4.97. The van der Waals surface area contributed by atoms with Crippen LogP contribution in [-0.2, 0) is 4.79 Å². The molecule has 1 N–H and O–H groups in total. The van der Waals surface area contributed by atoms with Crippen molar-refractivity contribution >= 4 is 23.6 Å². The number of carboxylic acids is 1. The zero-order chi connectivity index (χ0) is 18.9. The van der Waals surface area contributed by atoms with E-state index in [1.807, 2.05) is 26.0 Å². The quantitative estimate of drug-likeness (QED) is 0.511. The van der Waals surface area contributed by atoms with Gasteiger partial charge in [0.2, 0.25) is 0 Å². The third-order valence-corrected chi connectivity index (χ3v) is 3.85. The number of benzene rings is 2. The highest BCUT2D eigenvalue weighted by atomic mass is 35.5. The Balaban J connectivity index is 1.95. The average Bonchev–Trinajstić information content (AvgIpc) is 2.61. The molecule has 0 aliphatic carbocycles. The van der Waals surface area contributed by atoms with Crippen LogP contribution >= 0.6 is 11.6 Å². The van der Waals surface area contributed by atoms with E-state index in [1.54, 1.807) is 24.3 Å². The van der Waals surface area contributed by atoms with E-state index in [9.17, 15) is 4.79 Å². The maximum absolute atomic E-state index is 10.6. The SMILES string of the molecule is CCOc1cc(C=CC(=O)O)ccc1OCCOc1ccc(Cl)c(C)c1. The highest BCUT2D eigenvalue weighted by molar-refractivity contribution is 6.31. The van der Waals surface area contributed by atoms with Crippen LogP contribution in [0, 0.1) is 6.92 Å². The van der Waals surface area contributed by atoms with Crippen molar-refractivity contribution in [2.45, 2.75) is 13.8 Å². The first kappa shape index (κ1) is 19.7. The van der Waals surface area contributed by atoms with Crippen LogP contribution in [0.2, 0.25) is 5.02 Å². The number of rotatable bonds is 9. The first-order valence-electron chi connectivity index (χ1n) is 8.19. The molecule has 2 aromatic rings. The van der Waals surface area contributed by atoms with Gasteiger partial charge >= 0.3 is 5.97 Å². The molecular weight excluding hydrogens is 356 g/mol. The zero-order valence-corrected chi connectivity index (χ0v) is 15.5. The fourth-order valence-corrected chi connectivity index (χ4v) is 2.32. The highest BCUT2D eigenvalue weighted by Crippen LogP contribution is 2.29. The van der Waals surface area contributed by atoms with E-state index in [4.69, 9.17) is 30.9 Å². The van der Waals surface area contributed by atoms with Crippen LogP contribution in [0.25, 0.3) is 6.08 Å². The zero-order valence-electron chi connectivity index (χ0n) is 14.7. The van der Waals surface area contributed by atoms with E-state index < -0.39 is 5.97 Å². The second-order valence-electron chi connectivity index (χ2n) is 5.42. The number of aryl methyl sites for hydroxylation is 1. The number of aliphatic carboxylic acids is 1. The van der Waals surface area contributed by atoms with Crippen molar-refractivity contribution < 1.29 is 24.1 Å². The topological polar surface area (TPSA) is 65.0 Å². The minimum absolute atomic E-state index is 0.339. The number of ether oxygens (including phenoxy) is 3. The standard InChI is InChI=1S/C20H21ClO5/c1-3-24-19-13-15(5-9-20(22)23)4-8-18(19)26-11-10-25-16-6-7-17(21)14(2)12-16/h4-9,12-13H,3,10-11H2,1-2H3,(H,22,23). The summed E-state index contributed by atoms with van der Waals surface area (Å²) in [5.41, 5.74) is 1.67. The largest absolute Gasteiger partial charge is 0.490 e. The van der Waals surface area contributed by atoms with Crippen molar-refractivity contribution in [3.63, 3.8) is 0 Å². The van der Waals surface area contributed by atoms with Gasteiger partial charge in [0.1, 0.15) is 19.0 Å². The van der Waals surface area contributed by atoms with E-state index in [-0.39, 0.29) is 0 Å². The van der Waals surface area contributed by atoms with E-state index in [0.29, 0.717) is 36.3 Å². The molecule has 0 spiro atoms. The molecule has 5 nitrogen and oxygen atoms in total. The molecule has 0 saturated heterocycles. The number of carbonyl (C=O) groups is 1. The summed E-state index contributed by atoms with van der Waals surface area (Å²) in [6, 6.07) is 10.7. The normalized spacial score (nSPS) is 10.7. The van der Waals surface area contributed by atoms with Gasteiger partial charge < -0.3 is 19.3 Å². The molecule has 0 atom stereocenters. The minimum Gasteiger partial charge on any atom is -0.490 e. The molecule has 138 valence electrons. The maximum Gasteiger partial charge on any atom is 0.328 e. The Kier molecular flexibility index (Phi) is 7.36. The van der Waals surface area contributed by atoms with Crippen molar-refractivity contribution in [2.75, 3.05) is 19.8 Å². The van der Waals surface area contributed by atoms with E-state index >= 15 is 0 Å². The summed E-state index contributed by atoms with van der Waals surface area (Å²) >= 11 is 5.99. The van der Waals surface area contributed by atoms with Gasteiger partial charge in [0, 0.05) is 11.1 Å². The molecule has 0 saturated carbocycles. The highest BCUT2D eigenvalue weighted by Gasteiger charge is 2.06. The Morgan fingerprint density at radius 1 is 1.08 bits per heavy atom. The molecule has 0 heterocycles. The first-order chi connectivity index (χ1) is 12.5. The Morgan fingerprint density at radius 3 is 2.54 bits per heavy atom. The molecule has 26 heavy (non-hydrogen) atoms. The molecule has 6 heteroatoms. The predicted octanol–water partition coefficient (Wildman–Crippen LogP) is 4.60. The van der Waals surface area contributed by atoms with Crippen LogP contribution in [0.5, 0.6) is 17.2 Å². The second kappa shape index (κ2) is 9.73. The van der Waals surface area contributed by atoms with Crippen LogP contribution in [-0.4, -0.2) is 30.9 Å². The van der Waals surface area contributed by atoms with Gasteiger partial charge in [0.15, 0.2) is 11.5 Å². The van der Waals surface area contributed by atoms with Crippen molar-refractivity contribution in [2.24, 2.45) is 0 Å². The lowest BCUT2D eigenvalue weighted by molar-refractivity contribution is -0.131. The van der Waals surface area contributed by atoms with Crippen LogP contribution in [0.4, 0.5) is 0 Å². The Morgan fingerprint density at radius 2 is 1.85 bits per heavy atom. The molecule has 0 aliphatic rings. The Labute approximate surface area is 157 Å². The molecule has 0 bridgehead atoms. The number of carboxylic acid groups (broad SMARTS) is 1. The summed E-state index contributed by atoms with van der Waals surface area (Å²) in [6.07, 6.45) is 2.58. The maximum atomic E-state index is 10.6. The molecule has 0 unspecified atom stereocenters. The minimum atomic E-state index is -1.00. The monoisotopic (exact) mass is 376 g/mol. The molecular formula is C20H21ClO5. The van der Waals surface area contributed by atoms with Crippen LogP contribution in [0.1, 0.15) is 18.1 Å². The fraction of sp³-hybridized carbons (Fsp3) is 0.250. The lowest BCUT2D eigenvalue weighted by Gasteiger charge is -2.13. The van der Waals surface area contributed by atoms with E-state index in [2.05, 4.69) is 0 Å². The van der Waals surface area contributed by atoms with Crippen molar-refractivity contribution in [3.05, 3.63) is 58.6 Å². The third-order valence-electron chi connectivity index (χ3n) is 3.43. The summed E-state index contributed by atoms with van der Waals surface area (Å²) in [7, 11) is 0. The summed E-state index contributed by atoms with van der Waals surface area (Å²) in [4.78, 5) is 10.6. The smallest absolute Gasteiger partial charge is 0.328 e. The molecule has 0 radical (unpaired) electrons. The van der Waals surface area contributed by atoms with Crippen molar-refractivity contribution in [1.29, 1.82) is 0 Å². The molecule has 0 amide bonds. The predicted molar refractivity (Wildman–Crippen MR) is 101 cm³/mol. The first-order valence-corrected chi connectivity index (χ1v) is 8.57. The average molecular weight is 377 g/mol. The number of halogens is 1. The third kappa shape index (κ3) is 6.01. The van der Waals surface area contributed by atoms with Gasteiger partial charge in [0.25, 0.3) is 0 Å². The second-order valence-corrected chi connectivity index (χ2v) is 5.83. The van der Waals surface area contributed by atoms with E-state index in [0.717, 1.165) is 23.0 Å². The van der Waals surface area contributed by atoms with Gasteiger partial charge in [0.05, 0.1) is 6.61 Å². The summed E-state index contributed by atoms with van der Waals surface area (Å²) in [5, 5.41) is 9.41. The number of hydrogen-bond donors (Lipinski definition) is 1. The van der Waals surface area contributed by atoms with Crippen molar-refractivity contribution in [1.82, 2.24) is 0 Å².